The van der Waals surface area contributed by atoms with Gasteiger partial charge >= 0.3 is 0 Å². The van der Waals surface area contributed by atoms with E-state index < -0.39 is 5.54 Å². The first-order chi connectivity index (χ1) is 13.3. The molecule has 0 bridgehead atoms. The molecule has 0 spiro atoms. The summed E-state index contributed by atoms with van der Waals surface area (Å²) in [6.07, 6.45) is 2.02. The van der Waals surface area contributed by atoms with Crippen molar-refractivity contribution in [1.29, 1.82) is 0 Å². The van der Waals surface area contributed by atoms with Gasteiger partial charge in [-0.2, -0.15) is 0 Å². The molecule has 1 N–H and O–H groups in total. The van der Waals surface area contributed by atoms with Crippen molar-refractivity contribution >= 4 is 10.8 Å². The van der Waals surface area contributed by atoms with Crippen LogP contribution in [0, 0.1) is 0 Å². The monoisotopic (exact) mass is 349 g/mol. The van der Waals surface area contributed by atoms with Crippen molar-refractivity contribution in [2.45, 2.75) is 12.1 Å². The average molecular weight is 349 g/mol. The highest BCUT2D eigenvalue weighted by Crippen LogP contribution is 2.33. The third-order valence-electron chi connectivity index (χ3n) is 5.15. The summed E-state index contributed by atoms with van der Waals surface area (Å²) in [5.74, 6) is 0. The van der Waals surface area contributed by atoms with E-state index in [1.54, 1.807) is 0 Å². The molecule has 1 atom stereocenters. The Morgan fingerprint density at radius 3 is 2.00 bits per heavy atom. The van der Waals surface area contributed by atoms with Crippen molar-refractivity contribution in [3.8, 4) is 0 Å². The molecule has 0 aromatic heterocycles. The molecular formula is C26H23N. The summed E-state index contributed by atoms with van der Waals surface area (Å²) in [6, 6.07) is 36.2. The summed E-state index contributed by atoms with van der Waals surface area (Å²) >= 11 is 0. The van der Waals surface area contributed by atoms with Crippen molar-refractivity contribution < 1.29 is 0 Å². The summed E-state index contributed by atoms with van der Waals surface area (Å²) in [5, 5.41) is 6.26. The first-order valence-electron chi connectivity index (χ1n) is 9.29. The van der Waals surface area contributed by atoms with Crippen molar-refractivity contribution in [1.82, 2.24) is 5.32 Å². The zero-order valence-corrected chi connectivity index (χ0v) is 15.3. The number of fused-ring (bicyclic) bond motifs is 1. The molecule has 0 aliphatic rings. The Morgan fingerprint density at radius 2 is 1.30 bits per heavy atom. The van der Waals surface area contributed by atoms with E-state index in [2.05, 4.69) is 109 Å². The number of benzene rings is 4. The molecular weight excluding hydrogens is 326 g/mol. The summed E-state index contributed by atoms with van der Waals surface area (Å²) in [5.41, 5.74) is 3.17. The maximum absolute atomic E-state index is 4.22. The topological polar surface area (TPSA) is 12.0 Å². The van der Waals surface area contributed by atoms with Crippen molar-refractivity contribution in [3.05, 3.63) is 132 Å². The van der Waals surface area contributed by atoms with Gasteiger partial charge < -0.3 is 0 Å². The average Bonchev–Trinajstić information content (AvgIpc) is 2.76. The highest BCUT2D eigenvalue weighted by Gasteiger charge is 2.30. The van der Waals surface area contributed by atoms with Crippen LogP contribution < -0.4 is 5.32 Å². The number of rotatable bonds is 6. The first kappa shape index (κ1) is 17.3. The molecule has 1 heteroatoms. The van der Waals surface area contributed by atoms with Gasteiger partial charge in [0.05, 0.1) is 5.54 Å². The standard InChI is InChI=1S/C26H23N/c1-2-26(24-15-7-4-8-16-24,27-20-21-11-5-3-6-12-21)25-18-17-22-13-9-10-14-23(22)19-25/h2-19,27H,1,20H2. The van der Waals surface area contributed by atoms with Gasteiger partial charge in [-0.05, 0) is 33.5 Å². The Balaban J connectivity index is 1.82. The molecule has 0 saturated heterocycles. The molecule has 27 heavy (non-hydrogen) atoms. The van der Waals surface area contributed by atoms with Crippen LogP contribution >= 0.6 is 0 Å². The molecule has 0 fully saturated rings. The second kappa shape index (κ2) is 7.61. The van der Waals surface area contributed by atoms with Gasteiger partial charge in [-0.1, -0.05) is 103 Å². The van der Waals surface area contributed by atoms with E-state index >= 15 is 0 Å². The lowest BCUT2D eigenvalue weighted by Gasteiger charge is -2.34. The lowest BCUT2D eigenvalue weighted by molar-refractivity contribution is 0.489. The van der Waals surface area contributed by atoms with E-state index in [0.717, 1.165) is 6.54 Å². The van der Waals surface area contributed by atoms with Crippen LogP contribution in [0.4, 0.5) is 0 Å². The van der Waals surface area contributed by atoms with E-state index in [9.17, 15) is 0 Å². The molecule has 0 amide bonds. The third kappa shape index (κ3) is 3.42. The largest absolute Gasteiger partial charge is 0.296 e. The molecule has 4 rings (SSSR count). The number of hydrogen-bond donors (Lipinski definition) is 1. The van der Waals surface area contributed by atoms with Crippen LogP contribution in [-0.4, -0.2) is 0 Å². The Bertz CT molecular complexity index is 1040. The summed E-state index contributed by atoms with van der Waals surface area (Å²) in [4.78, 5) is 0. The fourth-order valence-corrected chi connectivity index (χ4v) is 3.65. The van der Waals surface area contributed by atoms with E-state index in [1.165, 1.54) is 27.5 Å². The van der Waals surface area contributed by atoms with Crippen LogP contribution in [-0.2, 0) is 12.1 Å². The van der Waals surface area contributed by atoms with E-state index in [1.807, 2.05) is 12.1 Å². The van der Waals surface area contributed by atoms with Crippen LogP contribution in [0.5, 0.6) is 0 Å². The van der Waals surface area contributed by atoms with E-state index in [4.69, 9.17) is 0 Å². The quantitative estimate of drug-likeness (QED) is 0.417. The van der Waals surface area contributed by atoms with Gasteiger partial charge in [0.1, 0.15) is 0 Å². The molecule has 4 aromatic carbocycles. The summed E-state index contributed by atoms with van der Waals surface area (Å²) < 4.78 is 0. The number of nitrogens with one attached hydrogen (secondary N) is 1. The first-order valence-corrected chi connectivity index (χ1v) is 9.29. The summed E-state index contributed by atoms with van der Waals surface area (Å²) in [6.45, 7) is 4.97. The third-order valence-corrected chi connectivity index (χ3v) is 5.15. The Hall–Kier alpha value is -3.16. The fourth-order valence-electron chi connectivity index (χ4n) is 3.65. The molecule has 0 heterocycles. The highest BCUT2D eigenvalue weighted by atomic mass is 15.0. The maximum atomic E-state index is 4.22. The van der Waals surface area contributed by atoms with Crippen molar-refractivity contribution in [2.24, 2.45) is 0 Å². The zero-order valence-electron chi connectivity index (χ0n) is 15.3. The molecule has 4 aromatic rings. The lowest BCUT2D eigenvalue weighted by atomic mass is 9.81. The van der Waals surface area contributed by atoms with Gasteiger partial charge in [-0.15, -0.1) is 6.58 Å². The maximum Gasteiger partial charge on any atom is 0.0877 e. The van der Waals surface area contributed by atoms with E-state index in [0.29, 0.717) is 0 Å². The van der Waals surface area contributed by atoms with Gasteiger partial charge in [-0.25, -0.2) is 0 Å². The second-order valence-corrected chi connectivity index (χ2v) is 6.78. The minimum Gasteiger partial charge on any atom is -0.296 e. The Kier molecular flexibility index (Phi) is 4.86. The highest BCUT2D eigenvalue weighted by molar-refractivity contribution is 5.83. The van der Waals surface area contributed by atoms with Crippen LogP contribution in [0.3, 0.4) is 0 Å². The zero-order chi connectivity index (χ0) is 18.5. The minimum atomic E-state index is -0.457. The van der Waals surface area contributed by atoms with Gasteiger partial charge in [0.15, 0.2) is 0 Å². The van der Waals surface area contributed by atoms with Crippen LogP contribution in [0.1, 0.15) is 16.7 Å². The molecule has 0 aliphatic heterocycles. The lowest BCUT2D eigenvalue weighted by Crippen LogP contribution is -2.41. The second-order valence-electron chi connectivity index (χ2n) is 6.78. The minimum absolute atomic E-state index is 0.457. The van der Waals surface area contributed by atoms with Gasteiger partial charge in [-0.3, -0.25) is 5.32 Å². The SMILES string of the molecule is C=CC(NCc1ccccc1)(c1ccccc1)c1ccc2ccccc2c1. The van der Waals surface area contributed by atoms with Crippen LogP contribution in [0.2, 0.25) is 0 Å². The smallest absolute Gasteiger partial charge is 0.0877 e. The normalized spacial score (nSPS) is 13.2. The van der Waals surface area contributed by atoms with Crippen LogP contribution in [0.25, 0.3) is 10.8 Å². The molecule has 0 aliphatic carbocycles. The molecule has 0 radical (unpaired) electrons. The van der Waals surface area contributed by atoms with E-state index in [-0.39, 0.29) is 0 Å². The van der Waals surface area contributed by atoms with Crippen LogP contribution in [0.15, 0.2) is 116 Å². The predicted molar refractivity (Wildman–Crippen MR) is 115 cm³/mol. The molecule has 1 unspecified atom stereocenters. The van der Waals surface area contributed by atoms with Gasteiger partial charge in [0.25, 0.3) is 0 Å². The van der Waals surface area contributed by atoms with Crippen molar-refractivity contribution in [2.75, 3.05) is 0 Å². The number of hydrogen-bond acceptors (Lipinski definition) is 1. The molecule has 132 valence electrons. The van der Waals surface area contributed by atoms with Gasteiger partial charge in [0.2, 0.25) is 0 Å². The Morgan fingerprint density at radius 1 is 0.667 bits per heavy atom. The molecule has 0 saturated carbocycles. The Labute approximate surface area is 161 Å². The summed E-state index contributed by atoms with van der Waals surface area (Å²) in [7, 11) is 0. The van der Waals surface area contributed by atoms with Crippen molar-refractivity contribution in [3.63, 3.8) is 0 Å². The fraction of sp³-hybridized carbons (Fsp3) is 0.0769. The van der Waals surface area contributed by atoms with Gasteiger partial charge in [0, 0.05) is 6.54 Å². The molecule has 1 nitrogen and oxygen atoms in total. The predicted octanol–water partition coefficient (Wildman–Crippen LogP) is 6.06.